The summed E-state index contributed by atoms with van der Waals surface area (Å²) in [6, 6.07) is 0. The molecule has 1 heterocycles. The third kappa shape index (κ3) is 6.00. The van der Waals surface area contributed by atoms with Crippen molar-refractivity contribution in [3.63, 3.8) is 0 Å². The third-order valence-corrected chi connectivity index (χ3v) is 3.17. The van der Waals surface area contributed by atoms with Crippen LogP contribution in [0.2, 0.25) is 0 Å². The predicted octanol–water partition coefficient (Wildman–Crippen LogP) is 0.274. The van der Waals surface area contributed by atoms with Gasteiger partial charge in [0.15, 0.2) is 0 Å². The molecule has 2 amide bonds. The molecule has 0 radical (unpaired) electrons. The summed E-state index contributed by atoms with van der Waals surface area (Å²) >= 11 is 1.42. The van der Waals surface area contributed by atoms with E-state index in [2.05, 4.69) is 10.3 Å². The Bertz CT molecular complexity index is 423. The normalized spacial score (nSPS) is 9.63. The van der Waals surface area contributed by atoms with Crippen molar-refractivity contribution in [2.45, 2.75) is 12.8 Å². The van der Waals surface area contributed by atoms with Crippen LogP contribution in [0.4, 0.5) is 0 Å². The third-order valence-electron chi connectivity index (χ3n) is 2.27. The van der Waals surface area contributed by atoms with Crippen molar-refractivity contribution in [2.24, 2.45) is 5.73 Å². The summed E-state index contributed by atoms with van der Waals surface area (Å²) in [4.78, 5) is 28.6. The molecule has 0 bridgehead atoms. The standard InChI is InChI=1S/C11H18N4O2S.ClH/c1-15(2)10(16)4-6-13-11(17)8-7-18-9(14-8)3-5-12;/h7H,3-6,12H2,1-2H3,(H,13,17);1H. The van der Waals surface area contributed by atoms with E-state index in [0.29, 0.717) is 31.6 Å². The lowest BCUT2D eigenvalue weighted by atomic mass is 10.3. The Morgan fingerprint density at radius 2 is 2.16 bits per heavy atom. The number of nitrogens with two attached hydrogens (primary N) is 1. The first-order valence-electron chi connectivity index (χ1n) is 5.67. The van der Waals surface area contributed by atoms with E-state index in [0.717, 1.165) is 5.01 Å². The maximum Gasteiger partial charge on any atom is 0.270 e. The number of amides is 2. The molecule has 108 valence electrons. The summed E-state index contributed by atoms with van der Waals surface area (Å²) in [7, 11) is 3.37. The second-order valence-corrected chi connectivity index (χ2v) is 4.90. The highest BCUT2D eigenvalue weighted by atomic mass is 35.5. The molecule has 1 aromatic heterocycles. The van der Waals surface area contributed by atoms with Gasteiger partial charge < -0.3 is 16.0 Å². The summed E-state index contributed by atoms with van der Waals surface area (Å²) < 4.78 is 0. The van der Waals surface area contributed by atoms with Gasteiger partial charge in [-0.3, -0.25) is 9.59 Å². The minimum absolute atomic E-state index is 0. The molecule has 0 saturated carbocycles. The van der Waals surface area contributed by atoms with Gasteiger partial charge in [0.2, 0.25) is 5.91 Å². The Morgan fingerprint density at radius 1 is 1.47 bits per heavy atom. The first-order valence-corrected chi connectivity index (χ1v) is 6.55. The molecule has 6 nitrogen and oxygen atoms in total. The minimum Gasteiger partial charge on any atom is -0.350 e. The van der Waals surface area contributed by atoms with Gasteiger partial charge in [0.1, 0.15) is 5.69 Å². The first-order chi connectivity index (χ1) is 8.54. The number of carbonyl (C=O) groups is 2. The van der Waals surface area contributed by atoms with E-state index in [4.69, 9.17) is 5.73 Å². The van der Waals surface area contributed by atoms with Gasteiger partial charge in [0, 0.05) is 38.9 Å². The number of nitrogens with zero attached hydrogens (tertiary/aromatic N) is 2. The number of carbonyl (C=O) groups excluding carboxylic acids is 2. The lowest BCUT2D eigenvalue weighted by molar-refractivity contribution is -0.128. The molecule has 0 unspecified atom stereocenters. The average Bonchev–Trinajstić information content (AvgIpc) is 2.77. The molecule has 0 aliphatic carbocycles. The SMILES string of the molecule is CN(C)C(=O)CCNC(=O)c1csc(CCN)n1.Cl. The number of aromatic nitrogens is 1. The van der Waals surface area contributed by atoms with Gasteiger partial charge in [0.25, 0.3) is 5.91 Å². The van der Waals surface area contributed by atoms with Gasteiger partial charge in [-0.2, -0.15) is 0 Å². The Labute approximate surface area is 122 Å². The molecule has 19 heavy (non-hydrogen) atoms. The van der Waals surface area contributed by atoms with E-state index < -0.39 is 0 Å². The average molecular weight is 307 g/mol. The molecule has 0 spiro atoms. The fourth-order valence-corrected chi connectivity index (χ4v) is 2.04. The Balaban J connectivity index is 0.00000324. The molecule has 0 aliphatic heterocycles. The molecule has 1 aromatic rings. The minimum atomic E-state index is -0.249. The summed E-state index contributed by atoms with van der Waals surface area (Å²) in [5.41, 5.74) is 5.80. The van der Waals surface area contributed by atoms with Gasteiger partial charge in [0.05, 0.1) is 5.01 Å². The quantitative estimate of drug-likeness (QED) is 0.790. The fraction of sp³-hybridized carbons (Fsp3) is 0.545. The molecular weight excluding hydrogens is 288 g/mol. The van der Waals surface area contributed by atoms with Gasteiger partial charge >= 0.3 is 0 Å². The zero-order valence-electron chi connectivity index (χ0n) is 11.0. The number of hydrogen-bond donors (Lipinski definition) is 2. The van der Waals surface area contributed by atoms with Crippen LogP contribution in [-0.2, 0) is 11.2 Å². The number of thiazole rings is 1. The lowest BCUT2D eigenvalue weighted by Crippen LogP contribution is -2.30. The smallest absolute Gasteiger partial charge is 0.270 e. The van der Waals surface area contributed by atoms with E-state index in [1.165, 1.54) is 16.2 Å². The Hall–Kier alpha value is -1.18. The highest BCUT2D eigenvalue weighted by molar-refractivity contribution is 7.09. The van der Waals surface area contributed by atoms with Crippen molar-refractivity contribution < 1.29 is 9.59 Å². The van der Waals surface area contributed by atoms with E-state index in [9.17, 15) is 9.59 Å². The summed E-state index contributed by atoms with van der Waals surface area (Å²) in [5.74, 6) is -0.265. The maximum atomic E-state index is 11.7. The highest BCUT2D eigenvalue weighted by Crippen LogP contribution is 2.09. The van der Waals surface area contributed by atoms with E-state index >= 15 is 0 Å². The van der Waals surface area contributed by atoms with Gasteiger partial charge in [-0.1, -0.05) is 0 Å². The number of rotatable bonds is 6. The van der Waals surface area contributed by atoms with Crippen molar-refractivity contribution in [1.82, 2.24) is 15.2 Å². The van der Waals surface area contributed by atoms with Gasteiger partial charge in [-0.25, -0.2) is 4.98 Å². The zero-order valence-corrected chi connectivity index (χ0v) is 12.6. The molecule has 0 saturated heterocycles. The van der Waals surface area contributed by atoms with Crippen LogP contribution in [0.3, 0.4) is 0 Å². The molecule has 8 heteroatoms. The number of hydrogen-bond acceptors (Lipinski definition) is 5. The van der Waals surface area contributed by atoms with Crippen molar-refractivity contribution in [3.8, 4) is 0 Å². The Kier molecular flexibility index (Phi) is 8.29. The second-order valence-electron chi connectivity index (χ2n) is 3.96. The van der Waals surface area contributed by atoms with Crippen LogP contribution in [0.15, 0.2) is 5.38 Å². The molecule has 3 N–H and O–H groups in total. The van der Waals surface area contributed by atoms with Crippen molar-refractivity contribution in [3.05, 3.63) is 16.1 Å². The lowest BCUT2D eigenvalue weighted by Gasteiger charge is -2.09. The second kappa shape index (κ2) is 8.84. The van der Waals surface area contributed by atoms with Crippen LogP contribution in [0.5, 0.6) is 0 Å². The summed E-state index contributed by atoms with van der Waals surface area (Å²) in [5, 5.41) is 5.22. The van der Waals surface area contributed by atoms with E-state index in [-0.39, 0.29) is 24.2 Å². The van der Waals surface area contributed by atoms with Gasteiger partial charge in [-0.05, 0) is 6.54 Å². The van der Waals surface area contributed by atoms with Crippen LogP contribution < -0.4 is 11.1 Å². The van der Waals surface area contributed by atoms with Crippen LogP contribution in [0.1, 0.15) is 21.9 Å². The van der Waals surface area contributed by atoms with Crippen LogP contribution in [0, 0.1) is 0 Å². The maximum absolute atomic E-state index is 11.7. The molecule has 0 atom stereocenters. The summed E-state index contributed by atoms with van der Waals surface area (Å²) in [6.45, 7) is 0.839. The highest BCUT2D eigenvalue weighted by Gasteiger charge is 2.11. The van der Waals surface area contributed by atoms with Crippen LogP contribution in [0.25, 0.3) is 0 Å². The topological polar surface area (TPSA) is 88.3 Å². The van der Waals surface area contributed by atoms with Crippen molar-refractivity contribution in [1.29, 1.82) is 0 Å². The number of halogens is 1. The van der Waals surface area contributed by atoms with Crippen molar-refractivity contribution >= 4 is 35.6 Å². The van der Waals surface area contributed by atoms with Crippen LogP contribution >= 0.6 is 23.7 Å². The Morgan fingerprint density at radius 3 is 2.74 bits per heavy atom. The summed E-state index contributed by atoms with van der Waals surface area (Å²) in [6.07, 6.45) is 0.968. The predicted molar refractivity (Wildman–Crippen MR) is 77.8 cm³/mol. The largest absolute Gasteiger partial charge is 0.350 e. The molecule has 1 rings (SSSR count). The molecule has 0 aliphatic rings. The van der Waals surface area contributed by atoms with E-state index in [1.54, 1.807) is 19.5 Å². The van der Waals surface area contributed by atoms with Gasteiger partial charge in [-0.15, -0.1) is 23.7 Å². The molecular formula is C11H19ClN4O2S. The molecule has 0 fully saturated rings. The molecule has 0 aromatic carbocycles. The van der Waals surface area contributed by atoms with E-state index in [1.807, 2.05) is 0 Å². The monoisotopic (exact) mass is 306 g/mol. The number of nitrogens with one attached hydrogen (secondary N) is 1. The first kappa shape index (κ1) is 17.8. The van der Waals surface area contributed by atoms with Crippen LogP contribution in [-0.4, -0.2) is 48.9 Å². The fourth-order valence-electron chi connectivity index (χ4n) is 1.25. The zero-order chi connectivity index (χ0) is 13.5. The van der Waals surface area contributed by atoms with Crippen molar-refractivity contribution in [2.75, 3.05) is 27.2 Å².